The SMILES string of the molecule is CN1C[C@H](Nc2nc3cnc(-c4ccc(-c5cn[nH]c5)cc4O)cc3s2)[C@@H](F)C1. The van der Waals surface area contributed by atoms with Crippen molar-refractivity contribution in [2.24, 2.45) is 0 Å². The molecular weight excluding hydrogens is 391 g/mol. The Kier molecular flexibility index (Phi) is 4.40. The van der Waals surface area contributed by atoms with Gasteiger partial charge in [0.05, 0.1) is 28.8 Å². The van der Waals surface area contributed by atoms with Crippen molar-refractivity contribution in [1.82, 2.24) is 25.1 Å². The molecule has 1 aromatic carbocycles. The van der Waals surface area contributed by atoms with Gasteiger partial charge < -0.3 is 15.3 Å². The van der Waals surface area contributed by atoms with E-state index in [1.165, 1.54) is 11.3 Å². The first-order chi connectivity index (χ1) is 14.1. The molecule has 7 nitrogen and oxygen atoms in total. The Balaban J connectivity index is 1.43. The van der Waals surface area contributed by atoms with Gasteiger partial charge in [-0.1, -0.05) is 17.4 Å². The van der Waals surface area contributed by atoms with Crippen LogP contribution < -0.4 is 5.32 Å². The van der Waals surface area contributed by atoms with E-state index in [0.29, 0.717) is 29.5 Å². The quantitative estimate of drug-likeness (QED) is 0.477. The van der Waals surface area contributed by atoms with Crippen molar-refractivity contribution >= 4 is 26.7 Å². The highest BCUT2D eigenvalue weighted by Crippen LogP contribution is 2.35. The predicted octanol–water partition coefficient (Wildman–Crippen LogP) is 3.52. The maximum atomic E-state index is 14.1. The summed E-state index contributed by atoms with van der Waals surface area (Å²) in [5.74, 6) is 0.146. The number of benzene rings is 1. The third-order valence-electron chi connectivity index (χ3n) is 5.12. The molecule has 0 saturated carbocycles. The van der Waals surface area contributed by atoms with E-state index in [1.807, 2.05) is 30.1 Å². The van der Waals surface area contributed by atoms with Crippen molar-refractivity contribution in [2.75, 3.05) is 25.5 Å². The monoisotopic (exact) mass is 410 g/mol. The molecule has 4 heterocycles. The van der Waals surface area contributed by atoms with Crippen LogP contribution in [0.15, 0.2) is 42.9 Å². The van der Waals surface area contributed by atoms with Crippen LogP contribution in [0.25, 0.3) is 32.6 Å². The van der Waals surface area contributed by atoms with Crippen molar-refractivity contribution in [1.29, 1.82) is 0 Å². The fourth-order valence-electron chi connectivity index (χ4n) is 3.62. The van der Waals surface area contributed by atoms with Crippen LogP contribution in [-0.4, -0.2) is 62.5 Å². The average molecular weight is 410 g/mol. The van der Waals surface area contributed by atoms with Gasteiger partial charge in [0.15, 0.2) is 5.13 Å². The summed E-state index contributed by atoms with van der Waals surface area (Å²) in [5, 5.41) is 21.1. The summed E-state index contributed by atoms with van der Waals surface area (Å²) in [6, 6.07) is 7.10. The lowest BCUT2D eigenvalue weighted by atomic mass is 10.0. The molecule has 29 heavy (non-hydrogen) atoms. The largest absolute Gasteiger partial charge is 0.507 e. The van der Waals surface area contributed by atoms with E-state index in [-0.39, 0.29) is 11.8 Å². The van der Waals surface area contributed by atoms with E-state index in [2.05, 4.69) is 25.5 Å². The number of aromatic amines is 1. The molecule has 0 radical (unpaired) electrons. The Morgan fingerprint density at radius 3 is 2.86 bits per heavy atom. The third kappa shape index (κ3) is 3.43. The van der Waals surface area contributed by atoms with Crippen LogP contribution in [0.3, 0.4) is 0 Å². The highest BCUT2D eigenvalue weighted by Gasteiger charge is 2.31. The number of aromatic hydroxyl groups is 1. The fraction of sp³-hybridized carbons (Fsp3) is 0.250. The maximum Gasteiger partial charge on any atom is 0.184 e. The van der Waals surface area contributed by atoms with Crippen molar-refractivity contribution < 1.29 is 9.50 Å². The molecule has 1 aliphatic heterocycles. The number of nitrogens with zero attached hydrogens (tertiary/aromatic N) is 4. The van der Waals surface area contributed by atoms with Gasteiger partial charge in [0.2, 0.25) is 0 Å². The van der Waals surface area contributed by atoms with Crippen LogP contribution in [0.2, 0.25) is 0 Å². The molecular formula is C20H19FN6OS. The number of aromatic nitrogens is 4. The average Bonchev–Trinajstić information content (AvgIpc) is 3.42. The second-order valence-corrected chi connectivity index (χ2v) is 8.29. The summed E-state index contributed by atoms with van der Waals surface area (Å²) < 4.78 is 15.0. The van der Waals surface area contributed by atoms with Crippen LogP contribution >= 0.6 is 11.3 Å². The Morgan fingerprint density at radius 2 is 2.14 bits per heavy atom. The lowest BCUT2D eigenvalue weighted by molar-refractivity contribution is 0.314. The molecule has 3 N–H and O–H groups in total. The molecule has 2 atom stereocenters. The number of phenolic OH excluding ortho intramolecular Hbond substituents is 1. The van der Waals surface area contributed by atoms with E-state index in [0.717, 1.165) is 21.3 Å². The summed E-state index contributed by atoms with van der Waals surface area (Å²) in [7, 11) is 1.91. The second kappa shape index (κ2) is 7.09. The predicted molar refractivity (Wildman–Crippen MR) is 112 cm³/mol. The molecule has 0 spiro atoms. The van der Waals surface area contributed by atoms with Gasteiger partial charge in [-0.25, -0.2) is 9.37 Å². The van der Waals surface area contributed by atoms with Crippen LogP contribution in [0.1, 0.15) is 0 Å². The Bertz CT molecular complexity index is 1160. The minimum Gasteiger partial charge on any atom is -0.507 e. The smallest absolute Gasteiger partial charge is 0.184 e. The number of thiazole rings is 1. The van der Waals surface area contributed by atoms with Gasteiger partial charge in [-0.2, -0.15) is 5.10 Å². The Labute approximate surface area is 170 Å². The first kappa shape index (κ1) is 18.0. The summed E-state index contributed by atoms with van der Waals surface area (Å²) in [6.07, 6.45) is 4.25. The Hall–Kier alpha value is -3.04. The number of halogens is 1. The number of hydrogen-bond donors (Lipinski definition) is 3. The van der Waals surface area contributed by atoms with Gasteiger partial charge in [-0.05, 0) is 30.8 Å². The van der Waals surface area contributed by atoms with Crippen LogP contribution in [0, 0.1) is 0 Å². The summed E-state index contributed by atoms with van der Waals surface area (Å²) in [4.78, 5) is 10.9. The van der Waals surface area contributed by atoms with Gasteiger partial charge in [-0.15, -0.1) is 0 Å². The molecule has 1 aliphatic rings. The van der Waals surface area contributed by atoms with Crippen molar-refractivity contribution in [3.05, 3.63) is 42.9 Å². The first-order valence-electron chi connectivity index (χ1n) is 9.25. The number of likely N-dealkylation sites (N-methyl/N-ethyl adjacent to an activating group) is 1. The normalized spacial score (nSPS) is 19.8. The molecule has 0 bridgehead atoms. The van der Waals surface area contributed by atoms with Crippen LogP contribution in [0.4, 0.5) is 9.52 Å². The molecule has 0 amide bonds. The highest BCUT2D eigenvalue weighted by molar-refractivity contribution is 7.22. The van der Waals surface area contributed by atoms with Gasteiger partial charge in [0.25, 0.3) is 0 Å². The number of likely N-dealkylation sites (tertiary alicyclic amines) is 1. The number of H-pyrrole nitrogens is 1. The third-order valence-corrected chi connectivity index (χ3v) is 6.07. The van der Waals surface area contributed by atoms with E-state index in [4.69, 9.17) is 0 Å². The number of nitrogens with one attached hydrogen (secondary N) is 2. The number of fused-ring (bicyclic) bond motifs is 1. The van der Waals surface area contributed by atoms with Crippen LogP contribution in [-0.2, 0) is 0 Å². The van der Waals surface area contributed by atoms with Crippen LogP contribution in [0.5, 0.6) is 5.75 Å². The van der Waals surface area contributed by atoms with E-state index in [9.17, 15) is 9.50 Å². The first-order valence-corrected chi connectivity index (χ1v) is 10.1. The topological polar surface area (TPSA) is 90.0 Å². The second-order valence-electron chi connectivity index (χ2n) is 7.26. The zero-order chi connectivity index (χ0) is 20.0. The van der Waals surface area contributed by atoms with Gasteiger partial charge >= 0.3 is 0 Å². The number of anilines is 1. The molecule has 9 heteroatoms. The minimum absolute atomic E-state index is 0.146. The highest BCUT2D eigenvalue weighted by atomic mass is 32.1. The molecule has 148 valence electrons. The van der Waals surface area contributed by atoms with Gasteiger partial charge in [0.1, 0.15) is 17.4 Å². The van der Waals surface area contributed by atoms with Gasteiger partial charge in [-0.3, -0.25) is 10.1 Å². The Morgan fingerprint density at radius 1 is 1.24 bits per heavy atom. The number of rotatable bonds is 4. The molecule has 1 saturated heterocycles. The number of phenols is 1. The summed E-state index contributed by atoms with van der Waals surface area (Å²) in [5.41, 5.74) is 3.82. The molecule has 0 aliphatic carbocycles. The van der Waals surface area contributed by atoms with Crippen molar-refractivity contribution in [3.63, 3.8) is 0 Å². The van der Waals surface area contributed by atoms with E-state index >= 15 is 0 Å². The standard InChI is InChI=1S/C20H19FN6OS/c1-27-9-14(21)17(10-27)26-20-25-16-8-22-15(5-19(16)29-20)13-3-2-11(4-18(13)28)12-6-23-24-7-12/h2-8,14,17,28H,9-10H2,1H3,(H,23,24)(H,25,26)/t14-,17-/m0/s1. The van der Waals surface area contributed by atoms with Crippen molar-refractivity contribution in [3.8, 4) is 28.1 Å². The lowest BCUT2D eigenvalue weighted by Gasteiger charge is -2.12. The van der Waals surface area contributed by atoms with E-state index < -0.39 is 6.17 Å². The molecule has 1 fully saturated rings. The minimum atomic E-state index is -0.911. The maximum absolute atomic E-state index is 14.1. The lowest BCUT2D eigenvalue weighted by Crippen LogP contribution is -2.29. The van der Waals surface area contributed by atoms with Gasteiger partial charge in [0, 0.05) is 30.4 Å². The molecule has 5 rings (SSSR count). The number of pyridine rings is 1. The van der Waals surface area contributed by atoms with E-state index in [1.54, 1.807) is 24.7 Å². The zero-order valence-electron chi connectivity index (χ0n) is 15.6. The number of hydrogen-bond acceptors (Lipinski definition) is 7. The molecule has 0 unspecified atom stereocenters. The zero-order valence-corrected chi connectivity index (χ0v) is 16.4. The van der Waals surface area contributed by atoms with Crippen molar-refractivity contribution in [2.45, 2.75) is 12.2 Å². The molecule has 3 aromatic heterocycles. The fourth-order valence-corrected chi connectivity index (χ4v) is 4.56. The summed E-state index contributed by atoms with van der Waals surface area (Å²) in [6.45, 7) is 1.08. The molecule has 4 aromatic rings. The summed E-state index contributed by atoms with van der Waals surface area (Å²) >= 11 is 1.46. The number of alkyl halides is 1.